The van der Waals surface area contributed by atoms with Gasteiger partial charge in [-0.15, -0.1) is 0 Å². The van der Waals surface area contributed by atoms with Gasteiger partial charge in [-0.1, -0.05) is 5.46 Å². The van der Waals surface area contributed by atoms with Crippen LogP contribution in [0.15, 0.2) is 18.2 Å². The van der Waals surface area contributed by atoms with E-state index >= 15 is 0 Å². The van der Waals surface area contributed by atoms with Gasteiger partial charge < -0.3 is 0 Å². The molecule has 0 atom stereocenters. The number of benzene rings is 1. The van der Waals surface area contributed by atoms with Gasteiger partial charge in [-0.3, -0.25) is 0 Å². The number of rotatable bonds is 2. The smallest absolute Gasteiger partial charge is 0.230 e. The standard InChI is InChI=1S/C7H6BFNO2/c1-12-10(11)5-2-3-7(9)6(8)4-5/h2-4H,1H3/q+1. The SMILES string of the molecule is [B]c1cc([N+](=O)OC)ccc1F. The molecule has 1 aromatic carbocycles. The topological polar surface area (TPSA) is 29.3 Å². The predicted octanol–water partition coefficient (Wildman–Crippen LogP) is 0.591. The summed E-state index contributed by atoms with van der Waals surface area (Å²) < 4.78 is 12.6. The van der Waals surface area contributed by atoms with Crippen molar-refractivity contribution in [3.8, 4) is 0 Å². The van der Waals surface area contributed by atoms with Crippen molar-refractivity contribution in [3.63, 3.8) is 0 Å². The fourth-order valence-electron chi connectivity index (χ4n) is 0.750. The van der Waals surface area contributed by atoms with E-state index in [1.807, 2.05) is 0 Å². The molecule has 0 aliphatic rings. The van der Waals surface area contributed by atoms with Gasteiger partial charge in [-0.05, 0) is 6.07 Å². The number of hydrogen-bond donors (Lipinski definition) is 0. The van der Waals surface area contributed by atoms with Crippen LogP contribution in [-0.2, 0) is 4.84 Å². The molecule has 0 bridgehead atoms. The maximum absolute atomic E-state index is 12.6. The highest BCUT2D eigenvalue weighted by Crippen LogP contribution is 2.09. The van der Waals surface area contributed by atoms with Gasteiger partial charge in [0, 0.05) is 12.1 Å². The molecule has 2 radical (unpaired) electrons. The molecule has 0 saturated heterocycles. The Balaban J connectivity index is 3.05. The molecule has 1 rings (SSSR count). The van der Waals surface area contributed by atoms with Crippen molar-refractivity contribution < 1.29 is 14.2 Å². The van der Waals surface area contributed by atoms with Gasteiger partial charge in [0.05, 0.1) is 4.91 Å². The summed E-state index contributed by atoms with van der Waals surface area (Å²) in [6.45, 7) is 0. The van der Waals surface area contributed by atoms with Crippen LogP contribution in [0.5, 0.6) is 0 Å². The van der Waals surface area contributed by atoms with Crippen LogP contribution < -0.4 is 5.46 Å². The number of hydrogen-bond acceptors (Lipinski definition) is 2. The van der Waals surface area contributed by atoms with Crippen LogP contribution in [0, 0.1) is 10.7 Å². The van der Waals surface area contributed by atoms with Crippen LogP contribution >= 0.6 is 0 Å². The Morgan fingerprint density at radius 2 is 2.25 bits per heavy atom. The average molecular weight is 166 g/mol. The summed E-state index contributed by atoms with van der Waals surface area (Å²) in [6.07, 6.45) is 0. The maximum atomic E-state index is 12.6. The van der Waals surface area contributed by atoms with E-state index in [1.54, 1.807) is 0 Å². The minimum absolute atomic E-state index is 0.0783. The van der Waals surface area contributed by atoms with E-state index in [-0.39, 0.29) is 16.1 Å². The molecule has 0 fully saturated rings. The second kappa shape index (κ2) is 3.34. The highest BCUT2D eigenvalue weighted by Gasteiger charge is 2.14. The van der Waals surface area contributed by atoms with Crippen molar-refractivity contribution in [1.29, 1.82) is 0 Å². The monoisotopic (exact) mass is 166 g/mol. The van der Waals surface area contributed by atoms with Crippen molar-refractivity contribution in [1.82, 2.24) is 0 Å². The van der Waals surface area contributed by atoms with E-state index in [9.17, 15) is 9.30 Å². The zero-order valence-corrected chi connectivity index (χ0v) is 6.45. The lowest BCUT2D eigenvalue weighted by molar-refractivity contribution is -0.736. The zero-order chi connectivity index (χ0) is 9.14. The first-order chi connectivity index (χ1) is 5.65. The Morgan fingerprint density at radius 3 is 2.75 bits per heavy atom. The highest BCUT2D eigenvalue weighted by atomic mass is 19.1. The molecule has 0 amide bonds. The summed E-state index contributed by atoms with van der Waals surface area (Å²) in [5, 5.41) is 0. The summed E-state index contributed by atoms with van der Waals surface area (Å²) >= 11 is 0. The molecular formula is C7H6BFNO2+. The molecule has 0 aliphatic carbocycles. The molecule has 0 saturated carbocycles. The Hall–Kier alpha value is -1.39. The van der Waals surface area contributed by atoms with Crippen LogP contribution in [0.25, 0.3) is 0 Å². The van der Waals surface area contributed by atoms with Gasteiger partial charge in [0.1, 0.15) is 13.7 Å². The van der Waals surface area contributed by atoms with Crippen molar-refractivity contribution in [2.24, 2.45) is 0 Å². The van der Waals surface area contributed by atoms with Crippen molar-refractivity contribution in [2.45, 2.75) is 0 Å². The Labute approximate surface area is 70.1 Å². The molecule has 1 aromatic rings. The molecule has 12 heavy (non-hydrogen) atoms. The van der Waals surface area contributed by atoms with Gasteiger partial charge in [-0.2, -0.15) is 0 Å². The number of nitrogens with zero attached hydrogens (tertiary/aromatic N) is 1. The lowest BCUT2D eigenvalue weighted by Crippen LogP contribution is -2.10. The van der Waals surface area contributed by atoms with E-state index in [4.69, 9.17) is 7.85 Å². The van der Waals surface area contributed by atoms with E-state index in [1.165, 1.54) is 19.2 Å². The fraction of sp³-hybridized carbons (Fsp3) is 0.143. The summed E-state index contributed by atoms with van der Waals surface area (Å²) in [5.41, 5.74) is 0.0850. The van der Waals surface area contributed by atoms with Gasteiger partial charge in [0.2, 0.25) is 0 Å². The van der Waals surface area contributed by atoms with E-state index in [2.05, 4.69) is 4.84 Å². The van der Waals surface area contributed by atoms with Crippen molar-refractivity contribution in [3.05, 3.63) is 28.9 Å². The van der Waals surface area contributed by atoms with Crippen molar-refractivity contribution in [2.75, 3.05) is 7.11 Å². The third kappa shape index (κ3) is 1.61. The van der Waals surface area contributed by atoms with Crippen LogP contribution in [-0.4, -0.2) is 19.9 Å². The first-order valence-electron chi connectivity index (χ1n) is 3.21. The third-order valence-corrected chi connectivity index (χ3v) is 1.36. The molecule has 0 heterocycles. The summed E-state index contributed by atoms with van der Waals surface area (Å²) in [4.78, 5) is 15.4. The minimum Gasteiger partial charge on any atom is -0.230 e. The predicted molar refractivity (Wildman–Crippen MR) is 42.1 cm³/mol. The van der Waals surface area contributed by atoms with Gasteiger partial charge >= 0.3 is 5.69 Å². The fourth-order valence-corrected chi connectivity index (χ4v) is 0.750. The molecule has 0 unspecified atom stereocenters. The molecular weight excluding hydrogens is 160 g/mol. The average Bonchev–Trinajstić information content (AvgIpc) is 2.08. The van der Waals surface area contributed by atoms with Crippen LogP contribution in [0.3, 0.4) is 0 Å². The Morgan fingerprint density at radius 1 is 1.58 bits per heavy atom. The molecule has 60 valence electrons. The minimum atomic E-state index is -0.553. The second-order valence-corrected chi connectivity index (χ2v) is 2.15. The van der Waals surface area contributed by atoms with Gasteiger partial charge in [0.25, 0.3) is 4.92 Å². The first kappa shape index (κ1) is 8.71. The molecule has 0 spiro atoms. The van der Waals surface area contributed by atoms with Gasteiger partial charge in [-0.25, -0.2) is 9.23 Å². The first-order valence-corrected chi connectivity index (χ1v) is 3.21. The summed E-state index contributed by atoms with van der Waals surface area (Å²) in [6, 6.07) is 3.59. The molecule has 0 N–H and O–H groups in total. The molecule has 0 aromatic heterocycles. The number of halogens is 1. The van der Waals surface area contributed by atoms with Crippen LogP contribution in [0.4, 0.5) is 10.1 Å². The molecule has 0 aliphatic heterocycles. The lowest BCUT2D eigenvalue weighted by Gasteiger charge is -1.93. The Bertz CT molecular complexity index is 316. The van der Waals surface area contributed by atoms with E-state index in [0.717, 1.165) is 6.07 Å². The quantitative estimate of drug-likeness (QED) is 0.475. The third-order valence-electron chi connectivity index (χ3n) is 1.36. The summed E-state index contributed by atoms with van der Waals surface area (Å²) in [5.74, 6) is -0.553. The van der Waals surface area contributed by atoms with Crippen LogP contribution in [0.2, 0.25) is 0 Å². The molecule has 3 nitrogen and oxygen atoms in total. The van der Waals surface area contributed by atoms with E-state index in [0.29, 0.717) is 0 Å². The van der Waals surface area contributed by atoms with E-state index < -0.39 is 5.82 Å². The van der Waals surface area contributed by atoms with Crippen molar-refractivity contribution >= 4 is 19.0 Å². The summed E-state index contributed by atoms with van der Waals surface area (Å²) in [7, 11) is 6.43. The normalized spacial score (nSPS) is 9.50. The highest BCUT2D eigenvalue weighted by molar-refractivity contribution is 6.32. The molecule has 5 heteroatoms. The lowest BCUT2D eigenvalue weighted by atomic mass is 9.95. The zero-order valence-electron chi connectivity index (χ0n) is 6.45. The van der Waals surface area contributed by atoms with Crippen LogP contribution in [0.1, 0.15) is 0 Å². The largest absolute Gasteiger partial charge is 0.316 e. The van der Waals surface area contributed by atoms with Gasteiger partial charge in [0.15, 0.2) is 7.11 Å². The Kier molecular flexibility index (Phi) is 2.42. The second-order valence-electron chi connectivity index (χ2n) is 2.15. The maximum Gasteiger partial charge on any atom is 0.316 e.